The van der Waals surface area contributed by atoms with Gasteiger partial charge in [0.15, 0.2) is 0 Å². The Morgan fingerprint density at radius 1 is 1.45 bits per heavy atom. The molecule has 20 heavy (non-hydrogen) atoms. The number of nitrogens with one attached hydrogen (secondary N) is 1. The van der Waals surface area contributed by atoms with Crippen LogP contribution in [0.5, 0.6) is 0 Å². The van der Waals surface area contributed by atoms with E-state index in [1.165, 1.54) is 18.2 Å². The normalized spacial score (nSPS) is 10.3. The molecule has 0 fully saturated rings. The van der Waals surface area contributed by atoms with E-state index in [9.17, 15) is 14.5 Å². The second-order valence-corrected chi connectivity index (χ2v) is 4.22. The third-order valence-corrected chi connectivity index (χ3v) is 2.77. The number of aromatic nitrogens is 2. The largest absolute Gasteiger partial charge is 0.378 e. The van der Waals surface area contributed by atoms with E-state index >= 15 is 0 Å². The molecular formula is C11H9ClFN5O2. The lowest BCUT2D eigenvalue weighted by Crippen LogP contribution is -2.08. The summed E-state index contributed by atoms with van der Waals surface area (Å²) in [5.41, 5.74) is 5.67. The van der Waals surface area contributed by atoms with Crippen molar-refractivity contribution in [2.24, 2.45) is 0 Å². The van der Waals surface area contributed by atoms with E-state index in [0.717, 1.165) is 6.33 Å². The molecule has 0 bridgehead atoms. The highest BCUT2D eigenvalue weighted by Gasteiger charge is 2.20. The Hall–Kier alpha value is -2.48. The van der Waals surface area contributed by atoms with Crippen LogP contribution in [0.3, 0.4) is 0 Å². The fourth-order valence-corrected chi connectivity index (χ4v) is 1.74. The maximum absolute atomic E-state index is 13.0. The van der Waals surface area contributed by atoms with Crippen molar-refractivity contribution in [2.45, 2.75) is 6.54 Å². The van der Waals surface area contributed by atoms with Gasteiger partial charge in [-0.25, -0.2) is 14.4 Å². The lowest BCUT2D eigenvalue weighted by Gasteiger charge is -2.07. The highest BCUT2D eigenvalue weighted by atomic mass is 35.5. The van der Waals surface area contributed by atoms with E-state index in [1.807, 2.05) is 0 Å². The Bertz CT molecular complexity index is 667. The van der Waals surface area contributed by atoms with Crippen LogP contribution in [0.15, 0.2) is 24.5 Å². The number of rotatable bonds is 4. The van der Waals surface area contributed by atoms with Crippen LogP contribution in [0, 0.1) is 15.9 Å². The zero-order valence-electron chi connectivity index (χ0n) is 10.0. The zero-order chi connectivity index (χ0) is 14.7. The molecule has 0 saturated carbocycles. The van der Waals surface area contributed by atoms with Crippen molar-refractivity contribution in [1.29, 1.82) is 0 Å². The molecule has 1 heterocycles. The van der Waals surface area contributed by atoms with Gasteiger partial charge in [0, 0.05) is 6.54 Å². The molecule has 0 spiro atoms. The summed E-state index contributed by atoms with van der Waals surface area (Å²) >= 11 is 5.65. The Morgan fingerprint density at radius 2 is 2.20 bits per heavy atom. The number of nitrogens with zero attached hydrogens (tertiary/aromatic N) is 3. The third-order valence-electron chi connectivity index (χ3n) is 2.48. The monoisotopic (exact) mass is 297 g/mol. The van der Waals surface area contributed by atoms with E-state index in [-0.39, 0.29) is 23.2 Å². The SMILES string of the molecule is Nc1ncnc(NCc2ccc(F)c(Cl)c2)c1[N+](=O)[O-]. The quantitative estimate of drug-likeness (QED) is 0.662. The van der Waals surface area contributed by atoms with E-state index in [1.54, 1.807) is 0 Å². The van der Waals surface area contributed by atoms with Crippen LogP contribution in [-0.2, 0) is 6.54 Å². The Labute approximate surface area is 117 Å². The molecule has 0 radical (unpaired) electrons. The van der Waals surface area contributed by atoms with Crippen molar-refractivity contribution in [3.8, 4) is 0 Å². The first-order valence-electron chi connectivity index (χ1n) is 5.41. The van der Waals surface area contributed by atoms with Gasteiger partial charge < -0.3 is 11.1 Å². The molecule has 7 nitrogen and oxygen atoms in total. The minimum Gasteiger partial charge on any atom is -0.378 e. The fourth-order valence-electron chi connectivity index (χ4n) is 1.54. The average molecular weight is 298 g/mol. The smallest absolute Gasteiger partial charge is 0.352 e. The number of benzene rings is 1. The van der Waals surface area contributed by atoms with Gasteiger partial charge in [0.05, 0.1) is 9.95 Å². The first-order valence-corrected chi connectivity index (χ1v) is 5.79. The predicted octanol–water partition coefficient (Wildman–Crippen LogP) is 2.37. The summed E-state index contributed by atoms with van der Waals surface area (Å²) in [6.45, 7) is 0.178. The van der Waals surface area contributed by atoms with Crippen molar-refractivity contribution < 1.29 is 9.31 Å². The summed E-state index contributed by atoms with van der Waals surface area (Å²) in [4.78, 5) is 17.5. The minimum atomic E-state index is -0.671. The molecule has 1 aromatic heterocycles. The van der Waals surface area contributed by atoms with Crippen molar-refractivity contribution in [3.63, 3.8) is 0 Å². The summed E-state index contributed by atoms with van der Waals surface area (Å²) in [6.07, 6.45) is 1.11. The number of halogens is 2. The van der Waals surface area contributed by atoms with Gasteiger partial charge in [0.1, 0.15) is 12.1 Å². The number of hydrogen-bond acceptors (Lipinski definition) is 6. The van der Waals surface area contributed by atoms with Gasteiger partial charge in [-0.15, -0.1) is 0 Å². The Kier molecular flexibility index (Phi) is 3.94. The zero-order valence-corrected chi connectivity index (χ0v) is 10.8. The van der Waals surface area contributed by atoms with Crippen LogP contribution >= 0.6 is 11.6 Å². The maximum atomic E-state index is 13.0. The van der Waals surface area contributed by atoms with Crippen LogP contribution in [0.25, 0.3) is 0 Å². The molecule has 2 rings (SSSR count). The van der Waals surface area contributed by atoms with Gasteiger partial charge in [-0.2, -0.15) is 0 Å². The fraction of sp³-hybridized carbons (Fsp3) is 0.0909. The average Bonchev–Trinajstić information content (AvgIpc) is 2.39. The Balaban J connectivity index is 2.21. The van der Waals surface area contributed by atoms with Gasteiger partial charge in [-0.1, -0.05) is 17.7 Å². The second-order valence-electron chi connectivity index (χ2n) is 3.82. The van der Waals surface area contributed by atoms with E-state index < -0.39 is 16.4 Å². The number of anilines is 2. The predicted molar refractivity (Wildman–Crippen MR) is 71.8 cm³/mol. The highest BCUT2D eigenvalue weighted by molar-refractivity contribution is 6.30. The number of nitrogen functional groups attached to an aromatic ring is 1. The molecule has 0 unspecified atom stereocenters. The standard InChI is InChI=1S/C11H9ClFN5O2/c12-7-3-6(1-2-8(7)13)4-15-11-9(18(19)20)10(14)16-5-17-11/h1-3,5H,4H2,(H3,14,15,16,17). The molecule has 2 aromatic rings. The van der Waals surface area contributed by atoms with Gasteiger partial charge >= 0.3 is 5.69 Å². The number of nitrogens with two attached hydrogens (primary N) is 1. The first kappa shape index (κ1) is 13.9. The summed E-state index contributed by atoms with van der Waals surface area (Å²) in [5.74, 6) is -0.778. The first-order chi connectivity index (χ1) is 9.49. The summed E-state index contributed by atoms with van der Waals surface area (Å²) in [6, 6.07) is 4.13. The molecule has 0 aliphatic heterocycles. The van der Waals surface area contributed by atoms with Gasteiger partial charge in [-0.3, -0.25) is 10.1 Å². The van der Waals surface area contributed by atoms with Crippen molar-refractivity contribution in [3.05, 3.63) is 51.0 Å². The molecule has 0 aliphatic carbocycles. The van der Waals surface area contributed by atoms with Crippen molar-refractivity contribution >= 4 is 28.9 Å². The Morgan fingerprint density at radius 3 is 2.85 bits per heavy atom. The second kappa shape index (κ2) is 5.66. The van der Waals surface area contributed by atoms with Crippen molar-refractivity contribution in [2.75, 3.05) is 11.1 Å². The molecule has 104 valence electrons. The van der Waals surface area contributed by atoms with Crippen LogP contribution in [-0.4, -0.2) is 14.9 Å². The summed E-state index contributed by atoms with van der Waals surface area (Å²) < 4.78 is 13.0. The molecule has 0 aliphatic rings. The summed E-state index contributed by atoms with van der Waals surface area (Å²) in [7, 11) is 0. The van der Waals surface area contributed by atoms with Gasteiger partial charge in [-0.05, 0) is 17.7 Å². The lowest BCUT2D eigenvalue weighted by atomic mass is 10.2. The van der Waals surface area contributed by atoms with Gasteiger partial charge in [0.25, 0.3) is 0 Å². The van der Waals surface area contributed by atoms with E-state index in [2.05, 4.69) is 15.3 Å². The van der Waals surface area contributed by atoms with Crippen LogP contribution in [0.1, 0.15) is 5.56 Å². The molecule has 1 aromatic carbocycles. The van der Waals surface area contributed by atoms with Gasteiger partial charge in [0.2, 0.25) is 11.6 Å². The highest BCUT2D eigenvalue weighted by Crippen LogP contribution is 2.26. The topological polar surface area (TPSA) is 107 Å². The third kappa shape index (κ3) is 2.91. The molecule has 0 amide bonds. The maximum Gasteiger partial charge on any atom is 0.352 e. The molecule has 0 atom stereocenters. The van der Waals surface area contributed by atoms with E-state index in [4.69, 9.17) is 17.3 Å². The number of hydrogen-bond donors (Lipinski definition) is 2. The molecular weight excluding hydrogens is 289 g/mol. The molecule has 3 N–H and O–H groups in total. The summed E-state index contributed by atoms with van der Waals surface area (Å²) in [5, 5.41) is 13.6. The van der Waals surface area contributed by atoms with Crippen LogP contribution in [0.4, 0.5) is 21.7 Å². The number of nitro groups is 1. The minimum absolute atomic E-state index is 0.0112. The lowest BCUT2D eigenvalue weighted by molar-refractivity contribution is -0.383. The molecule has 9 heteroatoms. The van der Waals surface area contributed by atoms with Crippen LogP contribution < -0.4 is 11.1 Å². The van der Waals surface area contributed by atoms with E-state index in [0.29, 0.717) is 5.56 Å². The van der Waals surface area contributed by atoms with Crippen molar-refractivity contribution in [1.82, 2.24) is 9.97 Å². The van der Waals surface area contributed by atoms with Crippen LogP contribution in [0.2, 0.25) is 5.02 Å². The molecule has 0 saturated heterocycles.